The number of benzene rings is 3. The third kappa shape index (κ3) is 3.65. The van der Waals surface area contributed by atoms with Gasteiger partial charge in [0, 0.05) is 22.7 Å². The van der Waals surface area contributed by atoms with Crippen molar-refractivity contribution in [1.29, 1.82) is 5.26 Å². The van der Waals surface area contributed by atoms with Gasteiger partial charge in [0.2, 0.25) is 0 Å². The molecule has 0 bridgehead atoms. The topological polar surface area (TPSA) is 105 Å². The summed E-state index contributed by atoms with van der Waals surface area (Å²) < 4.78 is 4.83. The van der Waals surface area contributed by atoms with Crippen LogP contribution < -0.4 is 16.5 Å². The first-order chi connectivity index (χ1) is 15.0. The van der Waals surface area contributed by atoms with Crippen molar-refractivity contribution in [2.75, 3.05) is 18.2 Å². The first kappa shape index (κ1) is 19.9. The van der Waals surface area contributed by atoms with E-state index in [1.165, 1.54) is 7.11 Å². The first-order valence-corrected chi connectivity index (χ1v) is 9.63. The maximum Gasteiger partial charge on any atom is 0.340 e. The van der Waals surface area contributed by atoms with Crippen LogP contribution in [-0.2, 0) is 11.3 Å². The van der Waals surface area contributed by atoms with E-state index in [0.717, 1.165) is 10.9 Å². The summed E-state index contributed by atoms with van der Waals surface area (Å²) in [6.45, 7) is 0.325. The predicted octanol–water partition coefficient (Wildman–Crippen LogP) is 4.21. The Kier molecular flexibility index (Phi) is 5.25. The normalized spacial score (nSPS) is 10.6. The fraction of sp³-hybridized carbons (Fsp3) is 0.0800. The number of nitrogens with two attached hydrogens (primary N) is 1. The molecular formula is C25H19N3O3. The molecule has 0 spiro atoms. The van der Waals surface area contributed by atoms with Crippen LogP contribution in [0.2, 0.25) is 0 Å². The van der Waals surface area contributed by atoms with Gasteiger partial charge >= 0.3 is 5.97 Å². The Hall–Kier alpha value is -4.37. The Morgan fingerprint density at radius 3 is 2.61 bits per heavy atom. The monoisotopic (exact) mass is 409 g/mol. The molecule has 0 aliphatic heterocycles. The Morgan fingerprint density at radius 1 is 1.03 bits per heavy atom. The molecule has 6 heteroatoms. The molecule has 0 saturated carbocycles. The van der Waals surface area contributed by atoms with Crippen LogP contribution in [0.1, 0.15) is 21.5 Å². The summed E-state index contributed by atoms with van der Waals surface area (Å²) in [5.74, 6) is -0.493. The predicted molar refractivity (Wildman–Crippen MR) is 122 cm³/mol. The molecule has 3 N–H and O–H groups in total. The number of nitrogens with zero attached hydrogens (tertiary/aromatic N) is 1. The van der Waals surface area contributed by atoms with Crippen molar-refractivity contribution in [3.63, 3.8) is 0 Å². The molecule has 0 aromatic heterocycles. The Balaban J connectivity index is 1.81. The van der Waals surface area contributed by atoms with Gasteiger partial charge < -0.3 is 15.8 Å². The van der Waals surface area contributed by atoms with Crippen molar-refractivity contribution in [2.45, 2.75) is 6.54 Å². The number of ether oxygens (including phenoxy) is 1. The van der Waals surface area contributed by atoms with E-state index in [9.17, 15) is 14.9 Å². The van der Waals surface area contributed by atoms with Crippen LogP contribution in [0, 0.1) is 11.3 Å². The average Bonchev–Trinajstić information content (AvgIpc) is 2.92. The zero-order valence-corrected chi connectivity index (χ0v) is 16.8. The van der Waals surface area contributed by atoms with Gasteiger partial charge in [-0.3, -0.25) is 4.79 Å². The van der Waals surface area contributed by atoms with E-state index in [4.69, 9.17) is 10.5 Å². The van der Waals surface area contributed by atoms with E-state index in [-0.39, 0.29) is 5.43 Å². The van der Waals surface area contributed by atoms with Crippen molar-refractivity contribution in [3.05, 3.63) is 93.6 Å². The number of methoxy groups -OCH3 is 1. The number of carbonyl (C=O) groups is 1. The number of nitriles is 1. The zero-order chi connectivity index (χ0) is 22.0. The lowest BCUT2D eigenvalue weighted by molar-refractivity contribution is 0.0602. The maximum absolute atomic E-state index is 13.2. The molecule has 0 saturated heterocycles. The van der Waals surface area contributed by atoms with Crippen molar-refractivity contribution in [1.82, 2.24) is 0 Å². The molecule has 0 amide bonds. The van der Waals surface area contributed by atoms with Crippen LogP contribution in [0.4, 0.5) is 11.4 Å². The Bertz CT molecular complexity index is 1440. The first-order valence-electron chi connectivity index (χ1n) is 9.63. The summed E-state index contributed by atoms with van der Waals surface area (Å²) in [5, 5.41) is 15.2. The minimum absolute atomic E-state index is 0.136. The number of carbonyl (C=O) groups excluding carboxylic acids is 1. The van der Waals surface area contributed by atoms with E-state index < -0.39 is 5.97 Å². The number of rotatable bonds is 4. The highest BCUT2D eigenvalue weighted by Gasteiger charge is 2.14. The lowest BCUT2D eigenvalue weighted by Gasteiger charge is -2.13. The van der Waals surface area contributed by atoms with Gasteiger partial charge in [0.1, 0.15) is 0 Å². The van der Waals surface area contributed by atoms with Gasteiger partial charge in [-0.1, -0.05) is 42.5 Å². The second kappa shape index (κ2) is 8.17. The van der Waals surface area contributed by atoms with E-state index in [2.05, 4.69) is 11.4 Å². The lowest BCUT2D eigenvalue weighted by Crippen LogP contribution is -2.10. The van der Waals surface area contributed by atoms with Crippen LogP contribution in [0.5, 0.6) is 0 Å². The standard InChI is InChI=1S/C25H19N3O3/c1-31-25(30)20-7-4-8-22(27)23(20)28-14-15-9-10-18-17(13-26)12-16-5-2-3-6-19(16)24(29)21(18)11-15/h2-12,28H,14,27H2,1H3. The highest BCUT2D eigenvalue weighted by molar-refractivity contribution is 5.99. The van der Waals surface area contributed by atoms with E-state index in [0.29, 0.717) is 45.2 Å². The van der Waals surface area contributed by atoms with Gasteiger partial charge in [-0.25, -0.2) is 4.79 Å². The molecule has 6 nitrogen and oxygen atoms in total. The molecule has 0 aliphatic rings. The van der Waals surface area contributed by atoms with Crippen LogP contribution in [-0.4, -0.2) is 13.1 Å². The van der Waals surface area contributed by atoms with Crippen LogP contribution >= 0.6 is 0 Å². The molecule has 4 aromatic carbocycles. The van der Waals surface area contributed by atoms with Gasteiger partial charge in [-0.15, -0.1) is 0 Å². The average molecular weight is 409 g/mol. The number of hydrogen-bond donors (Lipinski definition) is 2. The number of anilines is 2. The third-order valence-corrected chi connectivity index (χ3v) is 5.22. The van der Waals surface area contributed by atoms with Crippen molar-refractivity contribution in [3.8, 4) is 6.07 Å². The summed E-state index contributed by atoms with van der Waals surface area (Å²) in [5.41, 5.74) is 8.38. The second-order valence-corrected chi connectivity index (χ2v) is 7.08. The quantitative estimate of drug-likeness (QED) is 0.386. The molecule has 0 atom stereocenters. The molecule has 0 heterocycles. The van der Waals surface area contributed by atoms with E-state index in [1.54, 1.807) is 48.5 Å². The molecule has 31 heavy (non-hydrogen) atoms. The van der Waals surface area contributed by atoms with Crippen LogP contribution in [0.15, 0.2) is 71.5 Å². The van der Waals surface area contributed by atoms with Crippen molar-refractivity contribution in [2.24, 2.45) is 0 Å². The highest BCUT2D eigenvalue weighted by Crippen LogP contribution is 2.26. The third-order valence-electron chi connectivity index (χ3n) is 5.22. The summed E-state index contributed by atoms with van der Waals surface area (Å²) in [7, 11) is 1.31. The lowest BCUT2D eigenvalue weighted by atomic mass is 10.1. The summed E-state index contributed by atoms with van der Waals surface area (Å²) in [4.78, 5) is 25.3. The van der Waals surface area contributed by atoms with Gasteiger partial charge in [-0.05, 0) is 35.2 Å². The van der Waals surface area contributed by atoms with E-state index in [1.807, 2.05) is 18.2 Å². The SMILES string of the molecule is COC(=O)c1cccc(N)c1NCc1ccc2c(C#N)cc3ccccc3c(=O)c2c1. The number of nitrogen functional groups attached to an aromatic ring is 1. The second-order valence-electron chi connectivity index (χ2n) is 7.08. The van der Waals surface area contributed by atoms with Gasteiger partial charge in [0.15, 0.2) is 5.43 Å². The number of esters is 1. The van der Waals surface area contributed by atoms with Crippen molar-refractivity contribution < 1.29 is 9.53 Å². The molecule has 0 fully saturated rings. The van der Waals surface area contributed by atoms with Gasteiger partial charge in [-0.2, -0.15) is 5.26 Å². The number of para-hydroxylation sites is 1. The summed E-state index contributed by atoms with van der Waals surface area (Å²) in [6.07, 6.45) is 0. The zero-order valence-electron chi connectivity index (χ0n) is 16.8. The number of hydrogen-bond acceptors (Lipinski definition) is 6. The minimum atomic E-state index is -0.493. The van der Waals surface area contributed by atoms with Crippen molar-refractivity contribution >= 4 is 38.9 Å². The fourth-order valence-corrected chi connectivity index (χ4v) is 3.66. The largest absolute Gasteiger partial charge is 0.465 e. The molecule has 4 rings (SSSR count). The Morgan fingerprint density at radius 2 is 1.84 bits per heavy atom. The summed E-state index contributed by atoms with van der Waals surface area (Å²) in [6, 6.07) is 21.6. The van der Waals surface area contributed by atoms with E-state index >= 15 is 0 Å². The molecule has 4 aromatic rings. The Labute approximate surface area is 178 Å². The summed E-state index contributed by atoms with van der Waals surface area (Å²) >= 11 is 0. The fourth-order valence-electron chi connectivity index (χ4n) is 3.66. The molecular weight excluding hydrogens is 390 g/mol. The van der Waals surface area contributed by atoms with Gasteiger partial charge in [0.25, 0.3) is 0 Å². The molecule has 152 valence electrons. The highest BCUT2D eigenvalue weighted by atomic mass is 16.5. The molecule has 0 aliphatic carbocycles. The maximum atomic E-state index is 13.2. The van der Waals surface area contributed by atoms with Crippen LogP contribution in [0.3, 0.4) is 0 Å². The number of nitrogens with one attached hydrogen (secondary N) is 1. The smallest absolute Gasteiger partial charge is 0.340 e. The minimum Gasteiger partial charge on any atom is -0.465 e. The molecule has 0 unspecified atom stereocenters. The molecule has 0 radical (unpaired) electrons. The number of fused-ring (bicyclic) bond motifs is 2. The van der Waals surface area contributed by atoms with Gasteiger partial charge in [0.05, 0.1) is 35.7 Å². The van der Waals surface area contributed by atoms with Crippen LogP contribution in [0.25, 0.3) is 21.5 Å².